The quantitative estimate of drug-likeness (QED) is 0.804. The predicted molar refractivity (Wildman–Crippen MR) is 62.3 cm³/mol. The van der Waals surface area contributed by atoms with Gasteiger partial charge in [-0.25, -0.2) is 0 Å². The third-order valence-corrected chi connectivity index (χ3v) is 3.64. The van der Waals surface area contributed by atoms with Crippen LogP contribution in [0.5, 0.6) is 5.75 Å². The highest BCUT2D eigenvalue weighted by molar-refractivity contribution is 5.39. The Kier molecular flexibility index (Phi) is 2.96. The van der Waals surface area contributed by atoms with Crippen molar-refractivity contribution in [2.24, 2.45) is 11.7 Å². The van der Waals surface area contributed by atoms with E-state index in [9.17, 15) is 0 Å². The Labute approximate surface area is 91.4 Å². The zero-order valence-electron chi connectivity index (χ0n) is 9.49. The van der Waals surface area contributed by atoms with Crippen LogP contribution in [0.3, 0.4) is 0 Å². The lowest BCUT2D eigenvalue weighted by Gasteiger charge is -2.30. The number of aryl methyl sites for hydroxylation is 1. The molecule has 0 aromatic heterocycles. The van der Waals surface area contributed by atoms with Crippen molar-refractivity contribution in [2.75, 3.05) is 13.7 Å². The highest BCUT2D eigenvalue weighted by Crippen LogP contribution is 2.37. The SMILES string of the molecule is COc1ccc2c(c1)C(C)C(CN)CC2. The van der Waals surface area contributed by atoms with E-state index in [2.05, 4.69) is 19.1 Å². The predicted octanol–water partition coefficient (Wildman–Crippen LogP) is 2.32. The maximum absolute atomic E-state index is 5.79. The van der Waals surface area contributed by atoms with Gasteiger partial charge in [-0.3, -0.25) is 0 Å². The zero-order chi connectivity index (χ0) is 10.8. The number of fused-ring (bicyclic) bond motifs is 1. The zero-order valence-corrected chi connectivity index (χ0v) is 9.49. The van der Waals surface area contributed by atoms with Crippen molar-refractivity contribution in [1.29, 1.82) is 0 Å². The van der Waals surface area contributed by atoms with Crippen molar-refractivity contribution in [2.45, 2.75) is 25.7 Å². The summed E-state index contributed by atoms with van der Waals surface area (Å²) in [6, 6.07) is 6.41. The Morgan fingerprint density at radius 2 is 2.27 bits per heavy atom. The second kappa shape index (κ2) is 4.23. The van der Waals surface area contributed by atoms with Crippen LogP contribution in [0, 0.1) is 5.92 Å². The highest BCUT2D eigenvalue weighted by Gasteiger charge is 2.25. The van der Waals surface area contributed by atoms with Gasteiger partial charge in [0.1, 0.15) is 5.75 Å². The summed E-state index contributed by atoms with van der Waals surface area (Å²) in [5.74, 6) is 2.15. The third-order valence-electron chi connectivity index (χ3n) is 3.64. The van der Waals surface area contributed by atoms with Gasteiger partial charge >= 0.3 is 0 Å². The number of hydrogen-bond donors (Lipinski definition) is 1. The highest BCUT2D eigenvalue weighted by atomic mass is 16.5. The monoisotopic (exact) mass is 205 g/mol. The smallest absolute Gasteiger partial charge is 0.119 e. The Hall–Kier alpha value is -1.02. The summed E-state index contributed by atoms with van der Waals surface area (Å²) in [7, 11) is 1.72. The van der Waals surface area contributed by atoms with E-state index in [4.69, 9.17) is 10.5 Å². The van der Waals surface area contributed by atoms with Crippen LogP contribution >= 0.6 is 0 Å². The van der Waals surface area contributed by atoms with Crippen LogP contribution < -0.4 is 10.5 Å². The standard InChI is InChI=1S/C13H19NO/c1-9-11(8-14)4-3-10-5-6-12(15-2)7-13(9)10/h5-7,9,11H,3-4,8,14H2,1-2H3. The maximum atomic E-state index is 5.79. The summed E-state index contributed by atoms with van der Waals surface area (Å²) < 4.78 is 5.27. The number of ether oxygens (including phenoxy) is 1. The molecular formula is C13H19NO. The molecule has 1 aliphatic rings. The molecule has 1 aromatic rings. The van der Waals surface area contributed by atoms with Gasteiger partial charge in [0.15, 0.2) is 0 Å². The fourth-order valence-corrected chi connectivity index (χ4v) is 2.52. The van der Waals surface area contributed by atoms with Gasteiger partial charge in [0.25, 0.3) is 0 Å². The van der Waals surface area contributed by atoms with Gasteiger partial charge in [-0.15, -0.1) is 0 Å². The molecule has 15 heavy (non-hydrogen) atoms. The van der Waals surface area contributed by atoms with Gasteiger partial charge in [0.2, 0.25) is 0 Å². The summed E-state index contributed by atoms with van der Waals surface area (Å²) >= 11 is 0. The van der Waals surface area contributed by atoms with E-state index in [1.54, 1.807) is 7.11 Å². The molecule has 2 nitrogen and oxygen atoms in total. The molecular weight excluding hydrogens is 186 g/mol. The molecule has 0 spiro atoms. The molecule has 1 aromatic carbocycles. The van der Waals surface area contributed by atoms with Crippen LogP contribution in [0.4, 0.5) is 0 Å². The minimum atomic E-state index is 0.564. The maximum Gasteiger partial charge on any atom is 0.119 e. The summed E-state index contributed by atoms with van der Waals surface area (Å²) in [5, 5.41) is 0. The van der Waals surface area contributed by atoms with Gasteiger partial charge in [-0.05, 0) is 54.5 Å². The molecule has 2 unspecified atom stereocenters. The Morgan fingerprint density at radius 3 is 2.93 bits per heavy atom. The van der Waals surface area contributed by atoms with Gasteiger partial charge in [-0.2, -0.15) is 0 Å². The van der Waals surface area contributed by atoms with E-state index < -0.39 is 0 Å². The van der Waals surface area contributed by atoms with Crippen molar-refractivity contribution in [1.82, 2.24) is 0 Å². The molecule has 0 aliphatic heterocycles. The van der Waals surface area contributed by atoms with E-state index >= 15 is 0 Å². The normalized spacial score (nSPS) is 24.7. The first-order chi connectivity index (χ1) is 7.26. The fourth-order valence-electron chi connectivity index (χ4n) is 2.52. The van der Waals surface area contributed by atoms with Crippen LogP contribution in [0.15, 0.2) is 18.2 Å². The van der Waals surface area contributed by atoms with Crippen LogP contribution in [0.1, 0.15) is 30.4 Å². The summed E-state index contributed by atoms with van der Waals surface area (Å²) in [6.45, 7) is 3.06. The number of rotatable bonds is 2. The second-order valence-electron chi connectivity index (χ2n) is 4.39. The Bertz CT molecular complexity index is 348. The summed E-state index contributed by atoms with van der Waals surface area (Å²) in [5.41, 5.74) is 8.68. The van der Waals surface area contributed by atoms with Crippen LogP contribution in [0.25, 0.3) is 0 Å². The molecule has 1 aliphatic carbocycles. The Morgan fingerprint density at radius 1 is 1.47 bits per heavy atom. The average Bonchev–Trinajstić information content (AvgIpc) is 2.29. The molecule has 82 valence electrons. The first-order valence-corrected chi connectivity index (χ1v) is 5.63. The molecule has 2 N–H and O–H groups in total. The van der Waals surface area contributed by atoms with Gasteiger partial charge in [0.05, 0.1) is 7.11 Å². The van der Waals surface area contributed by atoms with Crippen LogP contribution in [0.2, 0.25) is 0 Å². The molecule has 0 saturated carbocycles. The van der Waals surface area contributed by atoms with Gasteiger partial charge in [0, 0.05) is 0 Å². The van der Waals surface area contributed by atoms with E-state index in [-0.39, 0.29) is 0 Å². The second-order valence-corrected chi connectivity index (χ2v) is 4.39. The van der Waals surface area contributed by atoms with E-state index in [0.717, 1.165) is 18.7 Å². The lowest BCUT2D eigenvalue weighted by molar-refractivity contribution is 0.390. The lowest BCUT2D eigenvalue weighted by atomic mass is 9.76. The number of hydrogen-bond acceptors (Lipinski definition) is 2. The minimum absolute atomic E-state index is 0.564. The molecule has 2 atom stereocenters. The minimum Gasteiger partial charge on any atom is -0.497 e. The van der Waals surface area contributed by atoms with Crippen molar-refractivity contribution < 1.29 is 4.74 Å². The van der Waals surface area contributed by atoms with Gasteiger partial charge in [-0.1, -0.05) is 13.0 Å². The molecule has 0 bridgehead atoms. The first kappa shape index (κ1) is 10.5. The van der Waals surface area contributed by atoms with Crippen molar-refractivity contribution in [3.63, 3.8) is 0 Å². The van der Waals surface area contributed by atoms with Crippen LogP contribution in [-0.4, -0.2) is 13.7 Å². The molecule has 0 fully saturated rings. The summed E-state index contributed by atoms with van der Waals surface area (Å²) in [4.78, 5) is 0. The molecule has 0 saturated heterocycles. The number of benzene rings is 1. The van der Waals surface area contributed by atoms with E-state index in [1.807, 2.05) is 6.07 Å². The number of methoxy groups -OCH3 is 1. The molecule has 2 heteroatoms. The molecule has 0 heterocycles. The van der Waals surface area contributed by atoms with Crippen molar-refractivity contribution in [3.8, 4) is 5.75 Å². The van der Waals surface area contributed by atoms with E-state index in [0.29, 0.717) is 11.8 Å². The fraction of sp³-hybridized carbons (Fsp3) is 0.538. The third kappa shape index (κ3) is 1.86. The van der Waals surface area contributed by atoms with Crippen LogP contribution in [-0.2, 0) is 6.42 Å². The largest absolute Gasteiger partial charge is 0.497 e. The topological polar surface area (TPSA) is 35.2 Å². The number of nitrogens with two attached hydrogens (primary N) is 1. The lowest BCUT2D eigenvalue weighted by Crippen LogP contribution is -2.25. The first-order valence-electron chi connectivity index (χ1n) is 5.63. The molecule has 2 rings (SSSR count). The van der Waals surface area contributed by atoms with Crippen molar-refractivity contribution >= 4 is 0 Å². The summed E-state index contributed by atoms with van der Waals surface area (Å²) in [6.07, 6.45) is 2.38. The van der Waals surface area contributed by atoms with E-state index in [1.165, 1.54) is 17.5 Å². The molecule has 0 amide bonds. The van der Waals surface area contributed by atoms with Crippen molar-refractivity contribution in [3.05, 3.63) is 29.3 Å². The average molecular weight is 205 g/mol. The molecule has 0 radical (unpaired) electrons. The Balaban J connectivity index is 2.35. The van der Waals surface area contributed by atoms with Gasteiger partial charge < -0.3 is 10.5 Å².